The number of nitrogens with zero attached hydrogens (tertiary/aromatic N) is 4. The van der Waals surface area contributed by atoms with Crippen LogP contribution in [0.1, 0.15) is 30.1 Å². The molecule has 3 N–H and O–H groups in total. The largest absolute Gasteiger partial charge is 0.478 e. The minimum Gasteiger partial charge on any atom is -0.478 e. The number of carbonyl (C=O) groups is 1. The van der Waals surface area contributed by atoms with E-state index in [9.17, 15) is 14.3 Å². The number of aryl methyl sites for hydroxylation is 1. The van der Waals surface area contributed by atoms with Crippen molar-refractivity contribution >= 4 is 38.9 Å². The molecule has 1 atom stereocenters. The summed E-state index contributed by atoms with van der Waals surface area (Å²) < 4.78 is 24.9. The molecule has 0 aliphatic rings. The van der Waals surface area contributed by atoms with Crippen LogP contribution in [0.2, 0.25) is 0 Å². The number of carboxylic acid groups (broad SMARTS) is 1. The second-order valence-corrected chi connectivity index (χ2v) is 9.21. The fourth-order valence-corrected chi connectivity index (χ4v) is 4.31. The Kier molecular flexibility index (Phi) is 6.87. The monoisotopic (exact) mass is 529 g/mol. The molecule has 4 aromatic rings. The van der Waals surface area contributed by atoms with Crippen LogP contribution >= 0.6 is 15.9 Å². The summed E-state index contributed by atoms with van der Waals surface area (Å²) in [6.45, 7) is 3.28. The Morgan fingerprint density at radius 2 is 2.06 bits per heavy atom. The highest BCUT2D eigenvalue weighted by molar-refractivity contribution is 9.10. The molecule has 0 radical (unpaired) electrons. The summed E-state index contributed by atoms with van der Waals surface area (Å²) in [5.41, 5.74) is 8.54. The van der Waals surface area contributed by atoms with E-state index >= 15 is 0 Å². The van der Waals surface area contributed by atoms with Crippen LogP contribution in [0.25, 0.3) is 22.2 Å². The Bertz CT molecular complexity index is 1350. The van der Waals surface area contributed by atoms with Gasteiger partial charge in [-0.3, -0.25) is 0 Å². The number of halogens is 2. The lowest BCUT2D eigenvalue weighted by Crippen LogP contribution is -2.12. The summed E-state index contributed by atoms with van der Waals surface area (Å²) in [4.78, 5) is 15.7. The van der Waals surface area contributed by atoms with Crippen molar-refractivity contribution in [1.82, 2.24) is 19.3 Å². The van der Waals surface area contributed by atoms with E-state index < -0.39 is 11.8 Å². The zero-order valence-corrected chi connectivity index (χ0v) is 20.4. The van der Waals surface area contributed by atoms with Crippen LogP contribution in [0.15, 0.2) is 47.1 Å². The number of ether oxygens (including phenoxy) is 1. The standard InChI is InChI=1S/C24H25BrFN5O3/c1-14(13-31-21-11-16(25)6-8-20(21)29-24(31)27)4-3-9-34-22-18(12-28-30(22)2)17-10-15(23(32)33)5-7-19(17)26/h5-8,10-12,14H,3-4,9,13H2,1-2H3,(H2,27,29)(H,32,33)/t14-/m1/s1. The number of imidazole rings is 1. The fraction of sp³-hybridized carbons (Fsp3) is 0.292. The molecule has 0 spiro atoms. The molecular weight excluding hydrogens is 505 g/mol. The molecular formula is C24H25BrFN5O3. The molecule has 10 heteroatoms. The van der Waals surface area contributed by atoms with E-state index in [1.165, 1.54) is 23.0 Å². The number of fused-ring (bicyclic) bond motifs is 1. The van der Waals surface area contributed by atoms with Crippen molar-refractivity contribution in [2.24, 2.45) is 13.0 Å². The second kappa shape index (κ2) is 9.84. The van der Waals surface area contributed by atoms with Crippen LogP contribution in [0, 0.1) is 11.7 Å². The number of aromatic carboxylic acids is 1. The number of benzene rings is 2. The highest BCUT2D eigenvalue weighted by Gasteiger charge is 2.18. The first-order valence-electron chi connectivity index (χ1n) is 10.8. The molecule has 0 saturated carbocycles. The number of nitrogen functional groups attached to an aromatic ring is 1. The molecule has 2 heterocycles. The highest BCUT2D eigenvalue weighted by Crippen LogP contribution is 2.32. The SMILES string of the molecule is C[C@H](CCCOc1c(-c2cc(C(=O)O)ccc2F)cnn1C)Cn1c(N)nc2ccc(Br)cc21. The molecule has 4 rings (SSSR count). The van der Waals surface area contributed by atoms with Crippen molar-refractivity contribution in [3.63, 3.8) is 0 Å². The van der Waals surface area contributed by atoms with Crippen molar-refractivity contribution in [2.45, 2.75) is 26.3 Å². The van der Waals surface area contributed by atoms with Crippen LogP contribution in [0.5, 0.6) is 5.88 Å². The number of aromatic nitrogens is 4. The Labute approximate surface area is 204 Å². The van der Waals surface area contributed by atoms with Crippen molar-refractivity contribution in [3.8, 4) is 17.0 Å². The van der Waals surface area contributed by atoms with Crippen LogP contribution in [0.3, 0.4) is 0 Å². The van der Waals surface area contributed by atoms with Crippen LogP contribution < -0.4 is 10.5 Å². The van der Waals surface area contributed by atoms with Gasteiger partial charge < -0.3 is 20.1 Å². The van der Waals surface area contributed by atoms with Crippen molar-refractivity contribution in [2.75, 3.05) is 12.3 Å². The van der Waals surface area contributed by atoms with Gasteiger partial charge in [-0.2, -0.15) is 5.10 Å². The Morgan fingerprint density at radius 1 is 1.26 bits per heavy atom. The molecule has 2 aromatic heterocycles. The highest BCUT2D eigenvalue weighted by atomic mass is 79.9. The van der Waals surface area contributed by atoms with E-state index in [1.54, 1.807) is 7.05 Å². The average molecular weight is 530 g/mol. The van der Waals surface area contributed by atoms with Crippen molar-refractivity contribution < 1.29 is 19.0 Å². The second-order valence-electron chi connectivity index (χ2n) is 8.30. The third-order valence-corrected chi connectivity index (χ3v) is 6.20. The van der Waals surface area contributed by atoms with Gasteiger partial charge in [0.15, 0.2) is 0 Å². The van der Waals surface area contributed by atoms with Crippen molar-refractivity contribution in [1.29, 1.82) is 0 Å². The molecule has 2 aromatic carbocycles. The maximum atomic E-state index is 14.4. The molecule has 0 bridgehead atoms. The van der Waals surface area contributed by atoms with Gasteiger partial charge in [0, 0.05) is 23.6 Å². The first kappa shape index (κ1) is 23.7. The summed E-state index contributed by atoms with van der Waals surface area (Å²) in [5, 5.41) is 13.4. The number of anilines is 1. The summed E-state index contributed by atoms with van der Waals surface area (Å²) >= 11 is 3.50. The molecule has 8 nitrogen and oxygen atoms in total. The van der Waals surface area contributed by atoms with Crippen LogP contribution in [0.4, 0.5) is 10.3 Å². The lowest BCUT2D eigenvalue weighted by Gasteiger charge is -2.15. The van der Waals surface area contributed by atoms with E-state index in [1.807, 2.05) is 22.8 Å². The van der Waals surface area contributed by atoms with Gasteiger partial charge in [0.2, 0.25) is 11.8 Å². The first-order valence-corrected chi connectivity index (χ1v) is 11.6. The zero-order valence-electron chi connectivity index (χ0n) is 18.8. The first-order chi connectivity index (χ1) is 16.2. The quantitative estimate of drug-likeness (QED) is 0.291. The Balaban J connectivity index is 1.39. The zero-order chi connectivity index (χ0) is 24.4. The lowest BCUT2D eigenvalue weighted by atomic mass is 10.0. The van der Waals surface area contributed by atoms with E-state index in [0.717, 1.165) is 41.0 Å². The van der Waals surface area contributed by atoms with E-state index in [0.29, 0.717) is 29.9 Å². The van der Waals surface area contributed by atoms with Crippen LogP contribution in [-0.4, -0.2) is 37.0 Å². The Hall–Kier alpha value is -3.40. The summed E-state index contributed by atoms with van der Waals surface area (Å²) in [6.07, 6.45) is 3.12. The minimum absolute atomic E-state index is 0.00152. The van der Waals surface area contributed by atoms with Gasteiger partial charge in [-0.15, -0.1) is 0 Å². The molecule has 0 aliphatic carbocycles. The van der Waals surface area contributed by atoms with Gasteiger partial charge in [0.25, 0.3) is 0 Å². The number of nitrogens with two attached hydrogens (primary N) is 1. The number of carboxylic acids is 1. The minimum atomic E-state index is -1.12. The van der Waals surface area contributed by atoms with Crippen LogP contribution in [-0.2, 0) is 13.6 Å². The summed E-state index contributed by atoms with van der Waals surface area (Å²) in [7, 11) is 1.70. The summed E-state index contributed by atoms with van der Waals surface area (Å²) in [6, 6.07) is 9.55. The molecule has 0 saturated heterocycles. The van der Waals surface area contributed by atoms with Crippen molar-refractivity contribution in [3.05, 3.63) is 58.4 Å². The molecule has 0 unspecified atom stereocenters. The van der Waals surface area contributed by atoms with E-state index in [-0.39, 0.29) is 11.1 Å². The third-order valence-electron chi connectivity index (χ3n) is 5.70. The number of hydrogen-bond acceptors (Lipinski definition) is 5. The maximum Gasteiger partial charge on any atom is 0.335 e. The molecule has 178 valence electrons. The predicted octanol–water partition coefficient (Wildman–Crippen LogP) is 5.11. The van der Waals surface area contributed by atoms with Gasteiger partial charge in [-0.1, -0.05) is 22.9 Å². The van der Waals surface area contributed by atoms with E-state index in [4.69, 9.17) is 10.5 Å². The van der Waals surface area contributed by atoms with E-state index in [2.05, 4.69) is 32.9 Å². The number of rotatable bonds is 9. The van der Waals surface area contributed by atoms with Gasteiger partial charge in [-0.25, -0.2) is 18.9 Å². The lowest BCUT2D eigenvalue weighted by molar-refractivity contribution is 0.0697. The Morgan fingerprint density at radius 3 is 2.82 bits per heavy atom. The van der Waals surface area contributed by atoms with Gasteiger partial charge >= 0.3 is 5.97 Å². The molecule has 0 amide bonds. The normalized spacial score (nSPS) is 12.2. The predicted molar refractivity (Wildman–Crippen MR) is 131 cm³/mol. The third kappa shape index (κ3) is 4.91. The summed E-state index contributed by atoms with van der Waals surface area (Å²) in [5.74, 6) is -0.461. The maximum absolute atomic E-state index is 14.4. The molecule has 34 heavy (non-hydrogen) atoms. The smallest absolute Gasteiger partial charge is 0.335 e. The molecule has 0 fully saturated rings. The van der Waals surface area contributed by atoms with Gasteiger partial charge in [-0.05, 0) is 55.2 Å². The van der Waals surface area contributed by atoms with Gasteiger partial charge in [0.1, 0.15) is 5.82 Å². The number of hydrogen-bond donors (Lipinski definition) is 2. The average Bonchev–Trinajstić information content (AvgIpc) is 3.30. The van der Waals surface area contributed by atoms with Gasteiger partial charge in [0.05, 0.1) is 35.0 Å². The topological polar surface area (TPSA) is 108 Å². The molecule has 0 aliphatic heterocycles. The fourth-order valence-electron chi connectivity index (χ4n) is 3.96.